The van der Waals surface area contributed by atoms with E-state index in [9.17, 15) is 19.2 Å². The van der Waals surface area contributed by atoms with Crippen LogP contribution in [-0.2, 0) is 32.3 Å². The zero-order valence-corrected chi connectivity index (χ0v) is 35.4. The van der Waals surface area contributed by atoms with Crippen LogP contribution in [0.1, 0.15) is 55.8 Å². The second kappa shape index (κ2) is 22.5. The van der Waals surface area contributed by atoms with Gasteiger partial charge >= 0.3 is 11.9 Å². The number of rotatable bonds is 23. The fourth-order valence-corrected chi connectivity index (χ4v) is 6.65. The fraction of sp³-hybridized carbons (Fsp3) is 0.318. The number of ketones is 2. The van der Waals surface area contributed by atoms with E-state index in [1.165, 1.54) is 38.5 Å². The summed E-state index contributed by atoms with van der Waals surface area (Å²) in [5, 5.41) is 0.0753. The number of Topliss-reactive ketones (excluding diaryl/α,β-unsaturated/α-hetero) is 2. The molecule has 16 heteroatoms. The highest BCUT2D eigenvalue weighted by atomic mass is 35.5. The summed E-state index contributed by atoms with van der Waals surface area (Å²) in [4.78, 5) is 60.9. The van der Waals surface area contributed by atoms with Gasteiger partial charge in [-0.3, -0.25) is 19.2 Å². The van der Waals surface area contributed by atoms with Crippen molar-refractivity contribution in [3.63, 3.8) is 0 Å². The van der Waals surface area contributed by atoms with Crippen LogP contribution in [-0.4, -0.2) is 74.0 Å². The average molecular weight is 864 g/mol. The first-order valence-corrected chi connectivity index (χ1v) is 19.6. The number of carbonyl (C=O) groups is 4. The lowest BCUT2D eigenvalue weighted by Gasteiger charge is -2.18. The SMILES string of the molecule is C=CCOC(=O)C(CCN)C(=O)c1cc(Cl)c(OCc2cccc(-c3cccc(COc4nc(OC)c(C(=O)C(CCN)C(=O)OCC=C)cc4Cl)c3C)c2C)nc1OC. The molecule has 0 saturated carbocycles. The maximum absolute atomic E-state index is 13.4. The number of benzene rings is 2. The predicted molar refractivity (Wildman–Crippen MR) is 227 cm³/mol. The number of hydrogen-bond donors (Lipinski definition) is 2. The number of nitrogens with two attached hydrogens (primary N) is 2. The van der Waals surface area contributed by atoms with Crippen LogP contribution < -0.4 is 30.4 Å². The van der Waals surface area contributed by atoms with Crippen molar-refractivity contribution in [3.8, 4) is 34.6 Å². The first-order valence-electron chi connectivity index (χ1n) is 18.8. The third-order valence-corrected chi connectivity index (χ3v) is 9.99. The molecule has 0 saturated heterocycles. The highest BCUT2D eigenvalue weighted by molar-refractivity contribution is 6.32. The van der Waals surface area contributed by atoms with E-state index in [-0.39, 0.29) is 97.1 Å². The minimum atomic E-state index is -1.18. The molecule has 4 N–H and O–H groups in total. The predicted octanol–water partition coefficient (Wildman–Crippen LogP) is 7.00. The Morgan fingerprint density at radius 1 is 0.667 bits per heavy atom. The first kappa shape index (κ1) is 46.9. The summed E-state index contributed by atoms with van der Waals surface area (Å²) in [5.74, 6) is -5.14. The van der Waals surface area contributed by atoms with Crippen molar-refractivity contribution in [2.24, 2.45) is 23.3 Å². The van der Waals surface area contributed by atoms with Crippen LogP contribution in [0.2, 0.25) is 10.0 Å². The molecular weight excluding hydrogens is 815 g/mol. The van der Waals surface area contributed by atoms with Crippen LogP contribution >= 0.6 is 23.2 Å². The minimum absolute atomic E-state index is 0.0131. The Hall–Kier alpha value is -5.80. The molecule has 0 aliphatic heterocycles. The highest BCUT2D eigenvalue weighted by Crippen LogP contribution is 2.36. The number of carbonyl (C=O) groups excluding carboxylic acids is 4. The lowest BCUT2D eigenvalue weighted by atomic mass is 9.92. The molecule has 2 atom stereocenters. The van der Waals surface area contributed by atoms with Crippen molar-refractivity contribution in [2.75, 3.05) is 40.5 Å². The van der Waals surface area contributed by atoms with Crippen LogP contribution in [0, 0.1) is 25.7 Å². The monoisotopic (exact) mass is 862 g/mol. The van der Waals surface area contributed by atoms with Gasteiger partial charge in [-0.15, -0.1) is 0 Å². The van der Waals surface area contributed by atoms with E-state index in [1.54, 1.807) is 0 Å². The topological polar surface area (TPSA) is 201 Å². The van der Waals surface area contributed by atoms with Gasteiger partial charge < -0.3 is 39.9 Å². The van der Waals surface area contributed by atoms with Crippen molar-refractivity contribution in [1.29, 1.82) is 0 Å². The summed E-state index contributed by atoms with van der Waals surface area (Å²) < 4.78 is 33.2. The molecule has 318 valence electrons. The van der Waals surface area contributed by atoms with E-state index in [0.717, 1.165) is 33.4 Å². The van der Waals surface area contributed by atoms with Gasteiger partial charge in [0.15, 0.2) is 11.6 Å². The molecule has 0 fully saturated rings. The third-order valence-electron chi connectivity index (χ3n) is 9.45. The van der Waals surface area contributed by atoms with Crippen LogP contribution in [0.15, 0.2) is 73.8 Å². The second-order valence-electron chi connectivity index (χ2n) is 13.2. The molecule has 2 heterocycles. The lowest BCUT2D eigenvalue weighted by molar-refractivity contribution is -0.146. The van der Waals surface area contributed by atoms with Gasteiger partial charge in [-0.05, 0) is 85.3 Å². The van der Waals surface area contributed by atoms with Gasteiger partial charge in [0.1, 0.15) is 48.3 Å². The van der Waals surface area contributed by atoms with Gasteiger partial charge in [0, 0.05) is 0 Å². The van der Waals surface area contributed by atoms with Crippen molar-refractivity contribution < 1.29 is 47.6 Å². The summed E-state index contributed by atoms with van der Waals surface area (Å²) in [6.07, 6.45) is 2.89. The van der Waals surface area contributed by atoms with E-state index >= 15 is 0 Å². The fourth-order valence-electron chi connectivity index (χ4n) is 6.24. The van der Waals surface area contributed by atoms with E-state index < -0.39 is 35.3 Å². The van der Waals surface area contributed by atoms with E-state index in [2.05, 4.69) is 23.1 Å². The quantitative estimate of drug-likeness (QED) is 0.0334. The van der Waals surface area contributed by atoms with Crippen molar-refractivity contribution in [1.82, 2.24) is 9.97 Å². The molecule has 14 nitrogen and oxygen atoms in total. The Balaban J connectivity index is 1.54. The van der Waals surface area contributed by atoms with Gasteiger partial charge in [-0.2, -0.15) is 9.97 Å². The largest absolute Gasteiger partial charge is 0.480 e. The second-order valence-corrected chi connectivity index (χ2v) is 14.1. The molecule has 60 heavy (non-hydrogen) atoms. The Morgan fingerprint density at radius 2 is 1.05 bits per heavy atom. The Kier molecular flexibility index (Phi) is 17.6. The van der Waals surface area contributed by atoms with E-state index in [0.29, 0.717) is 0 Å². The maximum atomic E-state index is 13.4. The molecular formula is C44H48Cl2N4O10. The maximum Gasteiger partial charge on any atom is 0.317 e. The summed E-state index contributed by atoms with van der Waals surface area (Å²) in [5.41, 5.74) is 16.7. The van der Waals surface area contributed by atoms with Gasteiger partial charge in [0.25, 0.3) is 0 Å². The number of methoxy groups -OCH3 is 2. The van der Waals surface area contributed by atoms with Crippen LogP contribution in [0.5, 0.6) is 23.5 Å². The summed E-state index contributed by atoms with van der Waals surface area (Å²) in [6, 6.07) is 14.3. The molecule has 2 aromatic heterocycles. The van der Waals surface area contributed by atoms with E-state index in [1.807, 2.05) is 50.2 Å². The number of halogens is 2. The molecule has 2 aromatic carbocycles. The van der Waals surface area contributed by atoms with Crippen molar-refractivity contribution in [2.45, 2.75) is 39.9 Å². The minimum Gasteiger partial charge on any atom is -0.480 e. The number of ether oxygens (including phenoxy) is 6. The highest BCUT2D eigenvalue weighted by Gasteiger charge is 2.33. The molecule has 4 rings (SSSR count). The van der Waals surface area contributed by atoms with Crippen molar-refractivity contribution in [3.05, 3.63) is 117 Å². The van der Waals surface area contributed by atoms with E-state index in [4.69, 9.17) is 63.1 Å². The van der Waals surface area contributed by atoms with Crippen molar-refractivity contribution >= 4 is 46.7 Å². The number of pyridine rings is 2. The Labute approximate surface area is 358 Å². The molecule has 0 bridgehead atoms. The van der Waals surface area contributed by atoms with Gasteiger partial charge in [-0.25, -0.2) is 0 Å². The normalized spacial score (nSPS) is 11.8. The molecule has 0 spiro atoms. The van der Waals surface area contributed by atoms with Gasteiger partial charge in [-0.1, -0.05) is 84.9 Å². The third kappa shape index (κ3) is 11.3. The van der Waals surface area contributed by atoms with Gasteiger partial charge in [0.2, 0.25) is 23.5 Å². The summed E-state index contributed by atoms with van der Waals surface area (Å²) in [6.45, 7) is 11.1. The zero-order chi connectivity index (χ0) is 43.9. The summed E-state index contributed by atoms with van der Waals surface area (Å²) >= 11 is 13.1. The number of aromatic nitrogens is 2. The molecule has 0 aliphatic carbocycles. The summed E-state index contributed by atoms with van der Waals surface area (Å²) in [7, 11) is 2.68. The van der Waals surface area contributed by atoms with Crippen LogP contribution in [0.3, 0.4) is 0 Å². The average Bonchev–Trinajstić information content (AvgIpc) is 3.25. The van der Waals surface area contributed by atoms with Gasteiger partial charge in [0.05, 0.1) is 25.3 Å². The van der Waals surface area contributed by atoms with Crippen LogP contribution in [0.4, 0.5) is 0 Å². The lowest BCUT2D eigenvalue weighted by Crippen LogP contribution is -2.29. The smallest absolute Gasteiger partial charge is 0.317 e. The standard InChI is InChI=1S/C44H48Cl2N4O10/c1-7-19-57-43(53)31(15-17-47)37(51)33-21-35(45)41(49-39(33)55-5)59-23-27-11-9-13-29(25(27)3)30-14-10-12-28(26(30)4)24-60-42-36(46)22-34(40(50-42)56-6)38(52)32(16-18-48)44(54)58-20-8-2/h7-14,21-22,31-32H,1-2,15-20,23-24,47-48H2,3-6H3. The molecule has 0 radical (unpaired) electrons. The van der Waals surface area contributed by atoms with Crippen LogP contribution in [0.25, 0.3) is 11.1 Å². The molecule has 0 aliphatic rings. The first-order chi connectivity index (χ1) is 28.8. The molecule has 2 unspecified atom stereocenters. The number of nitrogens with zero attached hydrogens (tertiary/aromatic N) is 2. The number of hydrogen-bond acceptors (Lipinski definition) is 14. The Bertz CT molecular complexity index is 2080. The molecule has 4 aromatic rings. The molecule has 0 amide bonds. The zero-order valence-electron chi connectivity index (χ0n) is 33.9. The number of esters is 2. The Morgan fingerprint density at radius 3 is 1.38 bits per heavy atom.